The number of carbonyl (C=O) groups is 2. The fraction of sp³-hybridized carbons (Fsp3) is 0.273. The van der Waals surface area contributed by atoms with Gasteiger partial charge in [-0.1, -0.05) is 11.6 Å². The van der Waals surface area contributed by atoms with E-state index >= 15 is 0 Å². The van der Waals surface area contributed by atoms with E-state index in [4.69, 9.17) is 11.6 Å². The number of hydrogen-bond acceptors (Lipinski definition) is 4. The van der Waals surface area contributed by atoms with Crippen LogP contribution in [0.15, 0.2) is 36.5 Å². The molecule has 0 aliphatic heterocycles. The van der Waals surface area contributed by atoms with Gasteiger partial charge < -0.3 is 10.6 Å². The molecule has 2 amide bonds. The van der Waals surface area contributed by atoms with Crippen LogP contribution in [-0.2, 0) is 6.18 Å². The maximum Gasteiger partial charge on any atom is 0.435 e. The first-order chi connectivity index (χ1) is 15.7. The highest BCUT2D eigenvalue weighted by Gasteiger charge is 2.37. The molecule has 0 spiro atoms. The molecule has 0 radical (unpaired) electrons. The summed E-state index contributed by atoms with van der Waals surface area (Å²) in [6.45, 7) is 7.09. The van der Waals surface area contributed by atoms with E-state index in [2.05, 4.69) is 20.7 Å². The van der Waals surface area contributed by atoms with Gasteiger partial charge in [0.25, 0.3) is 11.8 Å². The molecule has 0 bridgehead atoms. The van der Waals surface area contributed by atoms with E-state index in [1.807, 2.05) is 22.6 Å². The fourth-order valence-corrected chi connectivity index (χ4v) is 4.03. The van der Waals surface area contributed by atoms with Crippen molar-refractivity contribution in [2.75, 3.05) is 5.32 Å². The standard InChI is InChI=1S/C22H20ClF3IN5O2/c1-11-8-12(27)9-13(19(33)30-21(2,3)4)17(11)29-20(34)15-10-16(22(24,25)26)31-32(15)18-14(23)6-5-7-28-18/h5-10H,1-4H3,(H,29,34)(H,30,33). The number of alkyl halides is 3. The Labute approximate surface area is 212 Å². The van der Waals surface area contributed by atoms with Crippen molar-refractivity contribution in [3.63, 3.8) is 0 Å². The summed E-state index contributed by atoms with van der Waals surface area (Å²) in [5.74, 6) is -1.50. The Morgan fingerprint density at radius 1 is 1.12 bits per heavy atom. The van der Waals surface area contributed by atoms with Crippen molar-refractivity contribution in [3.05, 3.63) is 67.6 Å². The SMILES string of the molecule is Cc1cc(I)cc(C(=O)NC(C)(C)C)c1NC(=O)c1cc(C(F)(F)F)nn1-c1ncccc1Cl. The summed E-state index contributed by atoms with van der Waals surface area (Å²) in [4.78, 5) is 30.1. The first-order valence-electron chi connectivity index (χ1n) is 9.89. The molecule has 3 rings (SSSR count). The van der Waals surface area contributed by atoms with Gasteiger partial charge in [0.1, 0.15) is 5.69 Å². The molecule has 0 saturated heterocycles. The van der Waals surface area contributed by atoms with Crippen LogP contribution in [-0.4, -0.2) is 32.1 Å². The molecule has 2 heterocycles. The topological polar surface area (TPSA) is 88.9 Å². The van der Waals surface area contributed by atoms with Crippen LogP contribution in [0.3, 0.4) is 0 Å². The number of benzene rings is 1. The van der Waals surface area contributed by atoms with Crippen molar-refractivity contribution in [2.45, 2.75) is 39.4 Å². The van der Waals surface area contributed by atoms with E-state index in [9.17, 15) is 22.8 Å². The van der Waals surface area contributed by atoms with Gasteiger partial charge in [-0.3, -0.25) is 9.59 Å². The Morgan fingerprint density at radius 2 is 1.79 bits per heavy atom. The van der Waals surface area contributed by atoms with E-state index in [1.165, 1.54) is 18.3 Å². The summed E-state index contributed by atoms with van der Waals surface area (Å²) in [5, 5.41) is 8.93. The molecule has 1 aromatic carbocycles. The highest BCUT2D eigenvalue weighted by molar-refractivity contribution is 14.1. The van der Waals surface area contributed by atoms with Crippen LogP contribution in [0.5, 0.6) is 0 Å². The molecule has 34 heavy (non-hydrogen) atoms. The normalized spacial score (nSPS) is 11.9. The number of aromatic nitrogens is 3. The van der Waals surface area contributed by atoms with Crippen molar-refractivity contribution in [1.82, 2.24) is 20.1 Å². The maximum atomic E-state index is 13.4. The van der Waals surface area contributed by atoms with Gasteiger partial charge in [-0.15, -0.1) is 0 Å². The maximum absolute atomic E-state index is 13.4. The number of hydrogen-bond donors (Lipinski definition) is 2. The minimum absolute atomic E-state index is 0.00376. The fourth-order valence-electron chi connectivity index (χ4n) is 3.05. The van der Waals surface area contributed by atoms with Crippen LogP contribution < -0.4 is 10.6 Å². The third kappa shape index (κ3) is 5.87. The molecule has 7 nitrogen and oxygen atoms in total. The summed E-state index contributed by atoms with van der Waals surface area (Å²) >= 11 is 8.14. The summed E-state index contributed by atoms with van der Waals surface area (Å²) in [5.41, 5.74) is -1.40. The van der Waals surface area contributed by atoms with Gasteiger partial charge in [0.2, 0.25) is 0 Å². The Hall–Kier alpha value is -2.67. The molecule has 2 N–H and O–H groups in total. The lowest BCUT2D eigenvalue weighted by atomic mass is 10.0. The zero-order chi connectivity index (χ0) is 25.4. The molecule has 0 unspecified atom stereocenters. The number of amides is 2. The second kappa shape index (κ2) is 9.53. The molecule has 12 heteroatoms. The first-order valence-corrected chi connectivity index (χ1v) is 11.3. The summed E-state index contributed by atoms with van der Waals surface area (Å²) in [7, 11) is 0. The quantitative estimate of drug-likeness (QED) is 0.377. The molecule has 2 aromatic heterocycles. The first kappa shape index (κ1) is 25.9. The molecular weight excluding hydrogens is 586 g/mol. The van der Waals surface area contributed by atoms with Gasteiger partial charge in [-0.2, -0.15) is 18.3 Å². The van der Waals surface area contributed by atoms with E-state index in [-0.39, 0.29) is 22.1 Å². The second-order valence-corrected chi connectivity index (χ2v) is 10.1. The van der Waals surface area contributed by atoms with E-state index < -0.39 is 34.9 Å². The highest BCUT2D eigenvalue weighted by atomic mass is 127. The van der Waals surface area contributed by atoms with Gasteiger partial charge in [0.05, 0.1) is 16.3 Å². The lowest BCUT2D eigenvalue weighted by Crippen LogP contribution is -2.41. The minimum Gasteiger partial charge on any atom is -0.347 e. The van der Waals surface area contributed by atoms with Crippen LogP contribution in [0.1, 0.15) is 52.9 Å². The number of halogens is 5. The Kier molecular flexibility index (Phi) is 7.27. The predicted octanol–water partition coefficient (Wildman–Crippen LogP) is 5.63. The average Bonchev–Trinajstić information content (AvgIpc) is 3.14. The van der Waals surface area contributed by atoms with Crippen LogP contribution in [0.25, 0.3) is 5.82 Å². The summed E-state index contributed by atoms with van der Waals surface area (Å²) < 4.78 is 41.7. The van der Waals surface area contributed by atoms with Crippen molar-refractivity contribution < 1.29 is 22.8 Å². The number of aryl methyl sites for hydroxylation is 1. The number of pyridine rings is 1. The largest absolute Gasteiger partial charge is 0.435 e. The molecule has 3 aromatic rings. The van der Waals surface area contributed by atoms with Crippen molar-refractivity contribution in [1.29, 1.82) is 0 Å². The molecule has 0 aliphatic carbocycles. The average molecular weight is 606 g/mol. The highest BCUT2D eigenvalue weighted by Crippen LogP contribution is 2.31. The number of carbonyl (C=O) groups excluding carboxylic acids is 2. The van der Waals surface area contributed by atoms with Crippen molar-refractivity contribution >= 4 is 51.7 Å². The number of rotatable bonds is 4. The summed E-state index contributed by atoms with van der Waals surface area (Å²) in [6.07, 6.45) is -3.49. The van der Waals surface area contributed by atoms with Crippen molar-refractivity contribution in [2.24, 2.45) is 0 Å². The smallest absolute Gasteiger partial charge is 0.347 e. The molecule has 180 valence electrons. The minimum atomic E-state index is -4.81. The number of nitrogens with zero attached hydrogens (tertiary/aromatic N) is 3. The Balaban J connectivity index is 2.10. The Morgan fingerprint density at radius 3 is 2.38 bits per heavy atom. The van der Waals surface area contributed by atoms with Crippen LogP contribution in [0.2, 0.25) is 5.02 Å². The van der Waals surface area contributed by atoms with Gasteiger partial charge in [-0.25, -0.2) is 9.67 Å². The summed E-state index contributed by atoms with van der Waals surface area (Å²) in [6, 6.07) is 6.83. The van der Waals surface area contributed by atoms with E-state index in [0.717, 1.165) is 8.25 Å². The molecule has 0 saturated carbocycles. The van der Waals surface area contributed by atoms with Crippen LogP contribution >= 0.6 is 34.2 Å². The van der Waals surface area contributed by atoms with Gasteiger partial charge >= 0.3 is 6.18 Å². The van der Waals surface area contributed by atoms with Crippen LogP contribution in [0, 0.1) is 10.5 Å². The van der Waals surface area contributed by atoms with Gasteiger partial charge in [-0.05, 0) is 80.1 Å². The third-order valence-electron chi connectivity index (χ3n) is 4.44. The predicted molar refractivity (Wildman–Crippen MR) is 130 cm³/mol. The van der Waals surface area contributed by atoms with Crippen LogP contribution in [0.4, 0.5) is 18.9 Å². The monoisotopic (exact) mass is 605 g/mol. The van der Waals surface area contributed by atoms with Gasteiger partial charge in [0.15, 0.2) is 11.5 Å². The lowest BCUT2D eigenvalue weighted by Gasteiger charge is -2.22. The van der Waals surface area contributed by atoms with E-state index in [0.29, 0.717) is 11.6 Å². The number of anilines is 1. The van der Waals surface area contributed by atoms with E-state index in [1.54, 1.807) is 39.8 Å². The number of nitrogens with one attached hydrogen (secondary N) is 2. The Bertz CT molecular complexity index is 1270. The van der Waals surface area contributed by atoms with Gasteiger partial charge in [0, 0.05) is 21.4 Å². The zero-order valence-electron chi connectivity index (χ0n) is 18.5. The molecule has 0 fully saturated rings. The third-order valence-corrected chi connectivity index (χ3v) is 5.36. The second-order valence-electron chi connectivity index (χ2n) is 8.44. The molecule has 0 atom stereocenters. The molecule has 0 aliphatic rings. The lowest BCUT2D eigenvalue weighted by molar-refractivity contribution is -0.141. The van der Waals surface area contributed by atoms with Crippen molar-refractivity contribution in [3.8, 4) is 5.82 Å². The molecular formula is C22H20ClF3IN5O2. The zero-order valence-corrected chi connectivity index (χ0v) is 21.4.